The van der Waals surface area contributed by atoms with Crippen molar-refractivity contribution < 1.29 is 26.0 Å². The predicted molar refractivity (Wildman–Crippen MR) is 194 cm³/mol. The number of hydrogen-bond donors (Lipinski definition) is 1. The number of rotatable bonds is 14. The molecular formula is C36H34Cl2N4O6S2. The minimum atomic E-state index is -4.02. The fourth-order valence-corrected chi connectivity index (χ4v) is 7.98. The van der Waals surface area contributed by atoms with Gasteiger partial charge in [0, 0.05) is 13.1 Å². The zero-order chi connectivity index (χ0) is 35.9. The zero-order valence-electron chi connectivity index (χ0n) is 27.2. The van der Waals surface area contributed by atoms with E-state index >= 15 is 0 Å². The van der Waals surface area contributed by atoms with Crippen molar-refractivity contribution in [2.45, 2.75) is 43.3 Å². The number of aryl methyl sites for hydroxylation is 2. The SMILES string of the molecule is Cc1ccc(S(=O)(=O)N(CC(=O)N/N=C\c2ccc(CN(Cc3ccc(Cl)c(Cl)c3)S(=O)(=O)c3ccc(C)cc3)o2)Cc2ccccc2)cc1. The van der Waals surface area contributed by atoms with Crippen molar-refractivity contribution in [3.63, 3.8) is 0 Å². The normalized spacial score (nSPS) is 12.2. The topological polar surface area (TPSA) is 129 Å². The van der Waals surface area contributed by atoms with Crippen LogP contribution in [0.3, 0.4) is 0 Å². The summed E-state index contributed by atoms with van der Waals surface area (Å²) in [6.07, 6.45) is 1.25. The van der Waals surface area contributed by atoms with Gasteiger partial charge in [-0.15, -0.1) is 0 Å². The number of hydrazone groups is 1. The molecule has 4 aromatic carbocycles. The van der Waals surface area contributed by atoms with Crippen LogP contribution in [0.1, 0.15) is 33.8 Å². The van der Waals surface area contributed by atoms with Gasteiger partial charge in [0.15, 0.2) is 0 Å². The summed E-state index contributed by atoms with van der Waals surface area (Å²) in [5.41, 5.74) is 5.51. The summed E-state index contributed by atoms with van der Waals surface area (Å²) in [6.45, 7) is 3.06. The van der Waals surface area contributed by atoms with Gasteiger partial charge in [0.25, 0.3) is 5.91 Å². The molecule has 0 radical (unpaired) electrons. The van der Waals surface area contributed by atoms with E-state index in [-0.39, 0.29) is 35.2 Å². The van der Waals surface area contributed by atoms with Gasteiger partial charge in [-0.05, 0) is 73.5 Å². The first kappa shape index (κ1) is 37.0. The van der Waals surface area contributed by atoms with E-state index in [1.165, 1.54) is 22.7 Å². The third-order valence-corrected chi connectivity index (χ3v) is 11.9. The van der Waals surface area contributed by atoms with Crippen LogP contribution in [0.4, 0.5) is 0 Å². The average molecular weight is 754 g/mol. The van der Waals surface area contributed by atoms with Gasteiger partial charge in [0.2, 0.25) is 20.0 Å². The van der Waals surface area contributed by atoms with E-state index in [2.05, 4.69) is 10.5 Å². The Morgan fingerprint density at radius 1 is 0.700 bits per heavy atom. The molecule has 0 saturated heterocycles. The molecule has 0 spiro atoms. The van der Waals surface area contributed by atoms with Gasteiger partial charge < -0.3 is 4.42 Å². The Kier molecular flexibility index (Phi) is 11.9. The van der Waals surface area contributed by atoms with Gasteiger partial charge in [0.1, 0.15) is 11.5 Å². The molecule has 0 bridgehead atoms. The molecule has 0 fully saturated rings. The van der Waals surface area contributed by atoms with Crippen molar-refractivity contribution in [1.29, 1.82) is 0 Å². The molecule has 5 rings (SSSR count). The lowest BCUT2D eigenvalue weighted by Crippen LogP contribution is -2.39. The maximum atomic E-state index is 13.7. The van der Waals surface area contributed by atoms with Crippen molar-refractivity contribution in [3.8, 4) is 0 Å². The molecule has 10 nitrogen and oxygen atoms in total. The van der Waals surface area contributed by atoms with Crippen LogP contribution in [0.15, 0.2) is 129 Å². The molecule has 1 heterocycles. The standard InChI is InChI=1S/C36H34Cl2N4O6S2/c1-26-8-15-32(16-9-26)49(44,45)41(23-29-12-19-34(37)35(38)20-29)24-31-14-13-30(48-31)21-39-40-36(43)25-42(22-28-6-4-3-5-7-28)50(46,47)33-17-10-27(2)11-18-33/h3-21H,22-25H2,1-2H3,(H,40,43)/b39-21-. The summed E-state index contributed by atoms with van der Waals surface area (Å²) in [5, 5.41) is 4.60. The van der Waals surface area contributed by atoms with Gasteiger partial charge >= 0.3 is 0 Å². The number of sulfonamides is 2. The fraction of sp³-hybridized carbons (Fsp3) is 0.167. The number of nitrogens with one attached hydrogen (secondary N) is 1. The predicted octanol–water partition coefficient (Wildman–Crippen LogP) is 6.94. The summed E-state index contributed by atoms with van der Waals surface area (Å²) in [5.74, 6) is -0.126. The Morgan fingerprint density at radius 2 is 1.28 bits per heavy atom. The summed E-state index contributed by atoms with van der Waals surface area (Å²) in [4.78, 5) is 13.1. The molecule has 0 saturated carbocycles. The second-order valence-electron chi connectivity index (χ2n) is 11.5. The van der Waals surface area contributed by atoms with Gasteiger partial charge in [0.05, 0.1) is 39.1 Å². The molecule has 0 unspecified atom stereocenters. The van der Waals surface area contributed by atoms with Crippen LogP contribution in [0.25, 0.3) is 0 Å². The number of halogens is 2. The van der Waals surface area contributed by atoms with Gasteiger partial charge in [-0.3, -0.25) is 4.79 Å². The quantitative estimate of drug-likeness (QED) is 0.0967. The van der Waals surface area contributed by atoms with Crippen molar-refractivity contribution >= 4 is 55.4 Å². The molecular weight excluding hydrogens is 719 g/mol. The third-order valence-electron chi connectivity index (χ3n) is 7.58. The first-order valence-corrected chi connectivity index (χ1v) is 19.0. The summed E-state index contributed by atoms with van der Waals surface area (Å²) in [7, 11) is -8.00. The molecule has 1 amide bonds. The molecule has 14 heteroatoms. The second-order valence-corrected chi connectivity index (χ2v) is 16.2. The van der Waals surface area contributed by atoms with Crippen LogP contribution in [0.2, 0.25) is 10.0 Å². The Labute approximate surface area is 302 Å². The van der Waals surface area contributed by atoms with Crippen LogP contribution in [-0.2, 0) is 44.5 Å². The summed E-state index contributed by atoms with van der Waals surface area (Å²) in [6, 6.07) is 30.0. The Balaban J connectivity index is 1.29. The van der Waals surface area contributed by atoms with Crippen LogP contribution in [0.5, 0.6) is 0 Å². The average Bonchev–Trinajstić information content (AvgIpc) is 3.53. The molecule has 50 heavy (non-hydrogen) atoms. The highest BCUT2D eigenvalue weighted by atomic mass is 35.5. The zero-order valence-corrected chi connectivity index (χ0v) is 30.3. The number of benzene rings is 4. The molecule has 0 aliphatic heterocycles. The number of carbonyl (C=O) groups excluding carboxylic acids is 1. The molecule has 1 N–H and O–H groups in total. The van der Waals surface area contributed by atoms with E-state index in [0.717, 1.165) is 15.4 Å². The van der Waals surface area contributed by atoms with Crippen LogP contribution in [-0.4, -0.2) is 44.1 Å². The minimum Gasteiger partial charge on any atom is -0.459 e. The molecule has 260 valence electrons. The van der Waals surface area contributed by atoms with Crippen molar-refractivity contribution in [2.24, 2.45) is 5.10 Å². The lowest BCUT2D eigenvalue weighted by atomic mass is 10.2. The lowest BCUT2D eigenvalue weighted by Gasteiger charge is -2.22. The van der Waals surface area contributed by atoms with Crippen molar-refractivity contribution in [1.82, 2.24) is 14.0 Å². The maximum absolute atomic E-state index is 13.7. The Bertz CT molecular complexity index is 2190. The molecule has 0 atom stereocenters. The van der Waals surface area contributed by atoms with Crippen LogP contribution < -0.4 is 5.43 Å². The minimum absolute atomic E-state index is 0.0156. The monoisotopic (exact) mass is 752 g/mol. The third kappa shape index (κ3) is 9.48. The lowest BCUT2D eigenvalue weighted by molar-refractivity contribution is -0.121. The molecule has 0 aliphatic carbocycles. The molecule has 5 aromatic rings. The van der Waals surface area contributed by atoms with Crippen LogP contribution >= 0.6 is 23.2 Å². The van der Waals surface area contributed by atoms with Gasteiger partial charge in [-0.1, -0.05) is 95.0 Å². The highest BCUT2D eigenvalue weighted by Crippen LogP contribution is 2.27. The smallest absolute Gasteiger partial charge is 0.255 e. The molecule has 0 aliphatic rings. The number of furan rings is 1. The van der Waals surface area contributed by atoms with Crippen LogP contribution in [0, 0.1) is 13.8 Å². The number of nitrogens with zero attached hydrogens (tertiary/aromatic N) is 3. The van der Waals surface area contributed by atoms with Crippen molar-refractivity contribution in [3.05, 3.63) is 153 Å². The van der Waals surface area contributed by atoms with Gasteiger partial charge in [-0.2, -0.15) is 13.7 Å². The van der Waals surface area contributed by atoms with E-state index in [9.17, 15) is 21.6 Å². The van der Waals surface area contributed by atoms with Gasteiger partial charge in [-0.25, -0.2) is 22.3 Å². The Morgan fingerprint density at radius 3 is 1.88 bits per heavy atom. The largest absolute Gasteiger partial charge is 0.459 e. The summed E-state index contributed by atoms with van der Waals surface area (Å²) >= 11 is 12.3. The van der Waals surface area contributed by atoms with E-state index in [0.29, 0.717) is 26.9 Å². The first-order valence-electron chi connectivity index (χ1n) is 15.3. The number of amides is 1. The first-order chi connectivity index (χ1) is 23.8. The molecule has 1 aromatic heterocycles. The number of carbonyl (C=O) groups is 1. The second kappa shape index (κ2) is 16.2. The maximum Gasteiger partial charge on any atom is 0.255 e. The van der Waals surface area contributed by atoms with E-state index in [4.69, 9.17) is 27.6 Å². The number of hydrogen-bond acceptors (Lipinski definition) is 7. The fourth-order valence-electron chi connectivity index (χ4n) is 4.89. The highest BCUT2D eigenvalue weighted by Gasteiger charge is 2.28. The van der Waals surface area contributed by atoms with E-state index in [1.54, 1.807) is 91.0 Å². The summed E-state index contributed by atoms with van der Waals surface area (Å²) < 4.78 is 62.7. The highest BCUT2D eigenvalue weighted by molar-refractivity contribution is 7.89. The Hall–Kier alpha value is -4.30. The van der Waals surface area contributed by atoms with E-state index in [1.807, 2.05) is 19.9 Å². The van der Waals surface area contributed by atoms with Crippen molar-refractivity contribution in [2.75, 3.05) is 6.54 Å². The van der Waals surface area contributed by atoms with E-state index < -0.39 is 32.5 Å².